The number of hydrogen-bond donors (Lipinski definition) is 2. The Balaban J connectivity index is 2.07. The molecular formula is C13H18F2N2O2. The molecule has 0 aliphatic carbocycles. The molecule has 1 aliphatic rings. The SMILES string of the molecule is NCC1c2c(F)cc(F)cc2CN1CCOCCO. The molecule has 4 nitrogen and oxygen atoms in total. The van der Waals surface area contributed by atoms with Gasteiger partial charge >= 0.3 is 0 Å². The van der Waals surface area contributed by atoms with E-state index in [1.165, 1.54) is 6.07 Å². The van der Waals surface area contributed by atoms with Gasteiger partial charge in [-0.05, 0) is 11.6 Å². The topological polar surface area (TPSA) is 58.7 Å². The monoisotopic (exact) mass is 272 g/mol. The molecule has 1 heterocycles. The quantitative estimate of drug-likeness (QED) is 0.752. The number of halogens is 2. The maximum Gasteiger partial charge on any atom is 0.131 e. The summed E-state index contributed by atoms with van der Waals surface area (Å²) in [4.78, 5) is 1.96. The van der Waals surface area contributed by atoms with Crippen LogP contribution in [-0.4, -0.2) is 42.9 Å². The minimum absolute atomic E-state index is 0.0274. The fourth-order valence-electron chi connectivity index (χ4n) is 2.50. The van der Waals surface area contributed by atoms with Crippen LogP contribution in [0.1, 0.15) is 17.2 Å². The van der Waals surface area contributed by atoms with Gasteiger partial charge in [-0.2, -0.15) is 0 Å². The van der Waals surface area contributed by atoms with Gasteiger partial charge in [-0.15, -0.1) is 0 Å². The summed E-state index contributed by atoms with van der Waals surface area (Å²) in [5.41, 5.74) is 6.83. The van der Waals surface area contributed by atoms with E-state index in [4.69, 9.17) is 15.6 Å². The molecule has 0 fully saturated rings. The molecule has 0 saturated heterocycles. The Morgan fingerprint density at radius 1 is 1.37 bits per heavy atom. The van der Waals surface area contributed by atoms with Crippen LogP contribution in [0, 0.1) is 11.6 Å². The number of aliphatic hydroxyl groups is 1. The van der Waals surface area contributed by atoms with Crippen LogP contribution in [-0.2, 0) is 11.3 Å². The smallest absolute Gasteiger partial charge is 0.131 e. The number of benzene rings is 1. The van der Waals surface area contributed by atoms with Crippen LogP contribution in [0.2, 0.25) is 0 Å². The van der Waals surface area contributed by atoms with Gasteiger partial charge in [0.1, 0.15) is 11.6 Å². The molecule has 0 bridgehead atoms. The zero-order valence-electron chi connectivity index (χ0n) is 10.6. The molecule has 0 radical (unpaired) electrons. The lowest BCUT2D eigenvalue weighted by atomic mass is 10.0. The predicted octanol–water partition coefficient (Wildman–Crippen LogP) is 0.789. The molecule has 1 aliphatic heterocycles. The van der Waals surface area contributed by atoms with Crippen LogP contribution in [0.3, 0.4) is 0 Å². The summed E-state index contributed by atoms with van der Waals surface area (Å²) in [5, 5.41) is 8.62. The van der Waals surface area contributed by atoms with Crippen molar-refractivity contribution >= 4 is 0 Å². The van der Waals surface area contributed by atoms with Gasteiger partial charge in [-0.3, -0.25) is 4.90 Å². The van der Waals surface area contributed by atoms with Gasteiger partial charge in [0, 0.05) is 31.3 Å². The molecule has 0 saturated carbocycles. The predicted molar refractivity (Wildman–Crippen MR) is 66.5 cm³/mol. The van der Waals surface area contributed by atoms with Crippen LogP contribution < -0.4 is 5.73 Å². The Hall–Kier alpha value is -1.08. The van der Waals surface area contributed by atoms with Crippen molar-refractivity contribution in [3.8, 4) is 0 Å². The fourth-order valence-corrected chi connectivity index (χ4v) is 2.50. The average molecular weight is 272 g/mol. The first-order valence-electron chi connectivity index (χ1n) is 6.28. The number of nitrogens with two attached hydrogens (primary N) is 1. The Morgan fingerprint density at radius 2 is 2.16 bits per heavy atom. The van der Waals surface area contributed by atoms with E-state index in [9.17, 15) is 8.78 Å². The van der Waals surface area contributed by atoms with E-state index in [0.717, 1.165) is 6.07 Å². The highest BCUT2D eigenvalue weighted by Crippen LogP contribution is 2.35. The van der Waals surface area contributed by atoms with E-state index in [1.807, 2.05) is 4.90 Å². The van der Waals surface area contributed by atoms with E-state index in [-0.39, 0.29) is 25.8 Å². The van der Waals surface area contributed by atoms with Crippen molar-refractivity contribution < 1.29 is 18.6 Å². The van der Waals surface area contributed by atoms with Crippen molar-refractivity contribution in [1.82, 2.24) is 4.90 Å². The van der Waals surface area contributed by atoms with E-state index in [1.54, 1.807) is 0 Å². The van der Waals surface area contributed by atoms with Gasteiger partial charge in [0.05, 0.1) is 25.9 Å². The first-order chi connectivity index (χ1) is 9.17. The number of fused-ring (bicyclic) bond motifs is 1. The molecule has 19 heavy (non-hydrogen) atoms. The highest BCUT2D eigenvalue weighted by Gasteiger charge is 2.32. The molecule has 106 valence electrons. The second kappa shape index (κ2) is 6.38. The number of ether oxygens (including phenoxy) is 1. The molecule has 0 spiro atoms. The summed E-state index contributed by atoms with van der Waals surface area (Å²) >= 11 is 0. The maximum absolute atomic E-state index is 13.8. The van der Waals surface area contributed by atoms with Gasteiger partial charge in [-0.1, -0.05) is 0 Å². The summed E-state index contributed by atoms with van der Waals surface area (Å²) in [6.07, 6.45) is 0. The van der Waals surface area contributed by atoms with Gasteiger partial charge in [0.25, 0.3) is 0 Å². The van der Waals surface area contributed by atoms with Crippen molar-refractivity contribution in [3.63, 3.8) is 0 Å². The number of hydrogen-bond acceptors (Lipinski definition) is 4. The van der Waals surface area contributed by atoms with E-state index in [0.29, 0.717) is 30.8 Å². The van der Waals surface area contributed by atoms with Crippen LogP contribution >= 0.6 is 0 Å². The Labute approximate surface area is 110 Å². The minimum Gasteiger partial charge on any atom is -0.394 e. The molecule has 0 amide bonds. The molecule has 0 aromatic heterocycles. The largest absolute Gasteiger partial charge is 0.394 e. The Bertz CT molecular complexity index is 443. The molecule has 1 unspecified atom stereocenters. The molecule has 1 aromatic carbocycles. The summed E-state index contributed by atoms with van der Waals surface area (Å²) in [5.74, 6) is -1.10. The van der Waals surface area contributed by atoms with Crippen LogP contribution in [0.5, 0.6) is 0 Å². The van der Waals surface area contributed by atoms with Crippen LogP contribution in [0.4, 0.5) is 8.78 Å². The first-order valence-corrected chi connectivity index (χ1v) is 6.28. The second-order valence-corrected chi connectivity index (χ2v) is 4.52. The third kappa shape index (κ3) is 3.09. The van der Waals surface area contributed by atoms with Crippen molar-refractivity contribution in [2.45, 2.75) is 12.6 Å². The number of rotatable bonds is 6. The standard InChI is InChI=1S/C13H18F2N2O2/c14-10-5-9-8-17(1-3-19-4-2-18)12(7-16)13(9)11(15)6-10/h5-6,12,18H,1-4,7-8,16H2. The average Bonchev–Trinajstić information content (AvgIpc) is 2.72. The zero-order valence-corrected chi connectivity index (χ0v) is 10.6. The van der Waals surface area contributed by atoms with Crippen molar-refractivity contribution in [2.24, 2.45) is 5.73 Å². The van der Waals surface area contributed by atoms with Crippen LogP contribution in [0.15, 0.2) is 12.1 Å². The molecule has 2 rings (SSSR count). The first kappa shape index (κ1) is 14.3. The lowest BCUT2D eigenvalue weighted by Gasteiger charge is -2.23. The fraction of sp³-hybridized carbons (Fsp3) is 0.538. The van der Waals surface area contributed by atoms with Gasteiger partial charge in [0.2, 0.25) is 0 Å². The molecule has 6 heteroatoms. The lowest BCUT2D eigenvalue weighted by Crippen LogP contribution is -2.31. The maximum atomic E-state index is 13.8. The van der Waals surface area contributed by atoms with E-state index < -0.39 is 11.6 Å². The number of nitrogens with zero attached hydrogens (tertiary/aromatic N) is 1. The Morgan fingerprint density at radius 3 is 2.84 bits per heavy atom. The van der Waals surface area contributed by atoms with Crippen molar-refractivity contribution in [1.29, 1.82) is 0 Å². The summed E-state index contributed by atoms with van der Waals surface area (Å²) in [6.45, 7) is 1.98. The third-order valence-corrected chi connectivity index (χ3v) is 3.31. The van der Waals surface area contributed by atoms with Gasteiger partial charge < -0.3 is 15.6 Å². The van der Waals surface area contributed by atoms with E-state index in [2.05, 4.69) is 0 Å². The van der Waals surface area contributed by atoms with E-state index >= 15 is 0 Å². The lowest BCUT2D eigenvalue weighted by molar-refractivity contribution is 0.0655. The molecule has 1 atom stereocenters. The summed E-state index contributed by atoms with van der Waals surface area (Å²) < 4.78 is 32.2. The third-order valence-electron chi connectivity index (χ3n) is 3.31. The van der Waals surface area contributed by atoms with Crippen molar-refractivity contribution in [3.05, 3.63) is 34.9 Å². The summed E-state index contributed by atoms with van der Waals surface area (Å²) in [7, 11) is 0. The second-order valence-electron chi connectivity index (χ2n) is 4.52. The zero-order chi connectivity index (χ0) is 13.8. The summed E-state index contributed by atoms with van der Waals surface area (Å²) in [6, 6.07) is 2.01. The number of aliphatic hydroxyl groups excluding tert-OH is 1. The van der Waals surface area contributed by atoms with Gasteiger partial charge in [-0.25, -0.2) is 8.78 Å². The molecular weight excluding hydrogens is 254 g/mol. The highest BCUT2D eigenvalue weighted by molar-refractivity contribution is 5.36. The highest BCUT2D eigenvalue weighted by atomic mass is 19.1. The normalized spacial score (nSPS) is 18.8. The molecule has 3 N–H and O–H groups in total. The van der Waals surface area contributed by atoms with Crippen molar-refractivity contribution in [2.75, 3.05) is 32.9 Å². The minimum atomic E-state index is -0.564. The van der Waals surface area contributed by atoms with Crippen LogP contribution in [0.25, 0.3) is 0 Å². The van der Waals surface area contributed by atoms with Gasteiger partial charge in [0.15, 0.2) is 0 Å². The molecule has 1 aromatic rings. The Kier molecular flexibility index (Phi) is 4.81.